The molecule has 366 valence electrons. The van der Waals surface area contributed by atoms with Crippen molar-refractivity contribution < 1.29 is 38.1 Å². The van der Waals surface area contributed by atoms with E-state index in [2.05, 4.69) is 87.9 Å². The molecular formula is C53H66N8O8. The lowest BCUT2D eigenvalue weighted by atomic mass is 9.67. The van der Waals surface area contributed by atoms with Gasteiger partial charge in [-0.15, -0.1) is 0 Å². The molecule has 0 aliphatic carbocycles. The van der Waals surface area contributed by atoms with Gasteiger partial charge in [0, 0.05) is 73.2 Å². The minimum Gasteiger partial charge on any atom is -0.457 e. The molecule has 10 rings (SSSR count). The Bertz CT molecular complexity index is 2650. The van der Waals surface area contributed by atoms with E-state index in [0.29, 0.717) is 51.7 Å². The molecule has 0 spiro atoms. The van der Waals surface area contributed by atoms with Gasteiger partial charge in [0.15, 0.2) is 0 Å². The predicted molar refractivity (Wildman–Crippen MR) is 260 cm³/mol. The molecule has 0 radical (unpaired) electrons. The Morgan fingerprint density at radius 3 is 2.06 bits per heavy atom. The van der Waals surface area contributed by atoms with E-state index in [1.165, 1.54) is 25.2 Å². The summed E-state index contributed by atoms with van der Waals surface area (Å²) in [4.78, 5) is 60.4. The van der Waals surface area contributed by atoms with Crippen LogP contribution in [0.3, 0.4) is 0 Å². The third-order valence-corrected chi connectivity index (χ3v) is 15.9. The highest BCUT2D eigenvalue weighted by atomic mass is 16.5. The van der Waals surface area contributed by atoms with Crippen molar-refractivity contribution in [3.63, 3.8) is 0 Å². The van der Waals surface area contributed by atoms with Crippen LogP contribution < -0.4 is 15.4 Å². The smallest absolute Gasteiger partial charge is 0.407 e. The highest BCUT2D eigenvalue weighted by Gasteiger charge is 2.43. The van der Waals surface area contributed by atoms with Gasteiger partial charge in [-0.3, -0.25) is 9.69 Å². The molecular weight excluding hydrogens is 877 g/mol. The number of H-pyrrole nitrogens is 2. The maximum Gasteiger partial charge on any atom is 0.407 e. The summed E-state index contributed by atoms with van der Waals surface area (Å²) < 4.78 is 28.0. The van der Waals surface area contributed by atoms with E-state index in [9.17, 15) is 14.4 Å². The number of carbonyl (C=O) groups is 3. The number of rotatable bonds is 13. The molecule has 7 heterocycles. The Labute approximate surface area is 403 Å². The third kappa shape index (κ3) is 9.07. The summed E-state index contributed by atoms with van der Waals surface area (Å²) in [5.41, 5.74) is 5.91. The number of ether oxygens (including phenoxy) is 5. The van der Waals surface area contributed by atoms with E-state index in [0.717, 1.165) is 121 Å². The number of likely N-dealkylation sites (tertiary alicyclic amines) is 2. The van der Waals surface area contributed by atoms with Gasteiger partial charge >= 0.3 is 12.2 Å². The molecule has 2 aromatic heterocycles. The number of hydrogen-bond donors (Lipinski definition) is 4. The summed E-state index contributed by atoms with van der Waals surface area (Å²) in [6.07, 6.45) is 11.5. The lowest BCUT2D eigenvalue weighted by Crippen LogP contribution is -2.53. The average Bonchev–Trinajstić information content (AvgIpc) is 4.25. The molecule has 0 bridgehead atoms. The van der Waals surface area contributed by atoms with Crippen LogP contribution in [0.25, 0.3) is 33.3 Å². The molecule has 5 aliphatic heterocycles. The Hall–Kier alpha value is -5.97. The normalized spacial score (nSPS) is 21.5. The maximum absolute atomic E-state index is 14.2. The second-order valence-electron chi connectivity index (χ2n) is 19.4. The predicted octanol–water partition coefficient (Wildman–Crippen LogP) is 8.93. The summed E-state index contributed by atoms with van der Waals surface area (Å²) >= 11 is 0. The highest BCUT2D eigenvalue weighted by molar-refractivity contribution is 5.93. The summed E-state index contributed by atoms with van der Waals surface area (Å²) in [5.74, 6) is 3.54. The number of alkyl carbamates (subject to hydrolysis) is 2. The van der Waals surface area contributed by atoms with Crippen molar-refractivity contribution in [2.75, 3.05) is 60.3 Å². The van der Waals surface area contributed by atoms with Gasteiger partial charge in [-0.05, 0) is 112 Å². The standard InChI is InChI=1S/C53H66N8O8/c1-5-53(6-2)38-15-12-36(40-30-55-49(57-40)43-10-8-22-61(43)50(62)47(59-52(64)66-4)33-19-25-68-26-20-33)28-45(38)69-44-16-13-34-27-35(11-14-37(34)46(44)53)39-29-54-48(56-39)42-9-7-21-60(42)31-41(58-51(63)65-3)32-17-23-67-24-18-32/h11-16,27-30,32-33,41-43,47H,5-10,17-26,31H2,1-4H3,(H,54,56)(H,55,57)(H,58,63)(H,59,64)/t41-,42+,43+,47+/m1/s1. The SMILES string of the molecule is CCC1(CC)c2ccc(-c3cnc([C@@H]4CCCN4C(=O)[C@@H](NC(=O)OC)C4CCOCC4)[nH]3)cc2Oc2ccc3cc(-c4cnc([C@@H]5CCCN5C[C@@H](NC(=O)OC)C5CCOCC5)[nH]4)ccc3c21. The number of methoxy groups -OCH3 is 2. The zero-order valence-corrected chi connectivity index (χ0v) is 40.3. The Morgan fingerprint density at radius 1 is 0.739 bits per heavy atom. The zero-order chi connectivity index (χ0) is 47.6. The number of imidazole rings is 2. The van der Waals surface area contributed by atoms with E-state index < -0.39 is 18.2 Å². The first-order valence-corrected chi connectivity index (χ1v) is 25.1. The van der Waals surface area contributed by atoms with Crippen molar-refractivity contribution in [3.8, 4) is 34.0 Å². The fourth-order valence-electron chi connectivity index (χ4n) is 12.1. The summed E-state index contributed by atoms with van der Waals surface area (Å²) in [6, 6.07) is 16.6. The second-order valence-corrected chi connectivity index (χ2v) is 19.4. The van der Waals surface area contributed by atoms with Gasteiger partial charge in [-0.2, -0.15) is 0 Å². The van der Waals surface area contributed by atoms with Crippen molar-refractivity contribution >= 4 is 28.9 Å². The fraction of sp³-hybridized carbons (Fsp3) is 0.528. The van der Waals surface area contributed by atoms with E-state index in [-0.39, 0.29) is 35.4 Å². The van der Waals surface area contributed by atoms with Crippen molar-refractivity contribution in [2.24, 2.45) is 11.8 Å². The summed E-state index contributed by atoms with van der Waals surface area (Å²) in [7, 11) is 2.74. The lowest BCUT2D eigenvalue weighted by Gasteiger charge is -2.40. The molecule has 3 aromatic carbocycles. The molecule has 16 heteroatoms. The molecule has 5 aliphatic rings. The highest BCUT2D eigenvalue weighted by Crippen LogP contribution is 2.55. The molecule has 5 aromatic rings. The lowest BCUT2D eigenvalue weighted by molar-refractivity contribution is -0.136. The van der Waals surface area contributed by atoms with Gasteiger partial charge in [-0.25, -0.2) is 19.6 Å². The van der Waals surface area contributed by atoms with E-state index in [1.54, 1.807) is 0 Å². The average molecular weight is 943 g/mol. The number of aromatic nitrogens is 4. The minimum absolute atomic E-state index is 0.0292. The van der Waals surface area contributed by atoms with E-state index >= 15 is 0 Å². The zero-order valence-electron chi connectivity index (χ0n) is 40.3. The first-order chi connectivity index (χ1) is 33.7. The summed E-state index contributed by atoms with van der Waals surface area (Å²) in [5, 5.41) is 8.29. The van der Waals surface area contributed by atoms with Crippen LogP contribution in [-0.2, 0) is 29.2 Å². The number of benzene rings is 3. The van der Waals surface area contributed by atoms with Crippen LogP contribution in [0.2, 0.25) is 0 Å². The van der Waals surface area contributed by atoms with Crippen LogP contribution in [0.15, 0.2) is 60.9 Å². The van der Waals surface area contributed by atoms with Crippen molar-refractivity contribution in [2.45, 2.75) is 108 Å². The molecule has 16 nitrogen and oxygen atoms in total. The van der Waals surface area contributed by atoms with Crippen LogP contribution in [-0.4, -0.2) is 120 Å². The van der Waals surface area contributed by atoms with Crippen LogP contribution in [0.4, 0.5) is 9.59 Å². The topological polar surface area (TPSA) is 185 Å². The molecule has 0 saturated carbocycles. The van der Waals surface area contributed by atoms with Crippen molar-refractivity contribution in [1.82, 2.24) is 40.4 Å². The van der Waals surface area contributed by atoms with Crippen molar-refractivity contribution in [3.05, 3.63) is 83.7 Å². The number of nitrogens with zero attached hydrogens (tertiary/aromatic N) is 4. The second kappa shape index (κ2) is 20.2. The van der Waals surface area contributed by atoms with Gasteiger partial charge in [0.05, 0.1) is 50.1 Å². The van der Waals surface area contributed by atoms with Crippen LogP contribution in [0.5, 0.6) is 11.5 Å². The molecule has 3 amide bonds. The Morgan fingerprint density at radius 2 is 1.36 bits per heavy atom. The Balaban J connectivity index is 0.876. The quantitative estimate of drug-likeness (QED) is 0.0884. The van der Waals surface area contributed by atoms with Gasteiger partial charge in [0.2, 0.25) is 5.91 Å². The number of carbonyl (C=O) groups excluding carboxylic acids is 3. The van der Waals surface area contributed by atoms with E-state index in [4.69, 9.17) is 33.7 Å². The monoisotopic (exact) mass is 943 g/mol. The van der Waals surface area contributed by atoms with Crippen LogP contribution >= 0.6 is 0 Å². The number of nitrogens with one attached hydrogen (secondary N) is 4. The first kappa shape index (κ1) is 46.7. The van der Waals surface area contributed by atoms with Gasteiger partial charge in [0.25, 0.3) is 0 Å². The van der Waals surface area contributed by atoms with Crippen LogP contribution in [0.1, 0.15) is 113 Å². The molecule has 4 N–H and O–H groups in total. The van der Waals surface area contributed by atoms with Gasteiger partial charge in [0.1, 0.15) is 29.2 Å². The first-order valence-electron chi connectivity index (χ1n) is 25.1. The van der Waals surface area contributed by atoms with Gasteiger partial charge in [-0.1, -0.05) is 44.2 Å². The molecule has 4 atom stereocenters. The number of hydrogen-bond acceptors (Lipinski definition) is 11. The third-order valence-electron chi connectivity index (χ3n) is 15.9. The van der Waals surface area contributed by atoms with E-state index in [1.807, 2.05) is 17.3 Å². The molecule has 4 fully saturated rings. The largest absolute Gasteiger partial charge is 0.457 e. The maximum atomic E-state index is 14.2. The fourth-order valence-corrected chi connectivity index (χ4v) is 12.1. The molecule has 4 saturated heterocycles. The minimum atomic E-state index is -0.696. The van der Waals surface area contributed by atoms with Crippen molar-refractivity contribution in [1.29, 1.82) is 0 Å². The van der Waals surface area contributed by atoms with Crippen LogP contribution in [0, 0.1) is 11.8 Å². The molecule has 69 heavy (non-hydrogen) atoms. The number of aromatic amines is 2. The Kier molecular flexibility index (Phi) is 13.7. The molecule has 0 unspecified atom stereocenters. The van der Waals surface area contributed by atoms with Gasteiger partial charge < -0.3 is 49.2 Å². The number of amides is 3. The summed E-state index contributed by atoms with van der Waals surface area (Å²) in [6.45, 7) is 9.33. The number of fused-ring (bicyclic) bond motifs is 4.